The first kappa shape index (κ1) is 21.8. The van der Waals surface area contributed by atoms with Crippen molar-refractivity contribution in [2.75, 3.05) is 25.4 Å². The molecule has 0 fully saturated rings. The molecule has 2 aromatic rings. The summed E-state index contributed by atoms with van der Waals surface area (Å²) in [6, 6.07) is 4.27. The van der Waals surface area contributed by atoms with Gasteiger partial charge in [-0.25, -0.2) is 22.5 Å². The lowest BCUT2D eigenvalue weighted by atomic mass is 9.90. The molecule has 0 saturated carbocycles. The van der Waals surface area contributed by atoms with Gasteiger partial charge in [-0.05, 0) is 18.2 Å². The Labute approximate surface area is 172 Å². The zero-order chi connectivity index (χ0) is 21.9. The van der Waals surface area contributed by atoms with Gasteiger partial charge in [-0.2, -0.15) is 0 Å². The zero-order valence-electron chi connectivity index (χ0n) is 15.2. The van der Waals surface area contributed by atoms with Crippen molar-refractivity contribution in [3.8, 4) is 5.75 Å². The number of alkyl halides is 3. The normalized spacial score (nSPS) is 18.8. The van der Waals surface area contributed by atoms with Gasteiger partial charge in [-0.1, -0.05) is 11.6 Å². The molecule has 1 atom stereocenters. The summed E-state index contributed by atoms with van der Waals surface area (Å²) in [7, 11) is 0. The molecule has 7 nitrogen and oxygen atoms in total. The molecule has 3 N–H and O–H groups in total. The van der Waals surface area contributed by atoms with Gasteiger partial charge in [0.05, 0.1) is 17.8 Å². The quantitative estimate of drug-likeness (QED) is 0.663. The van der Waals surface area contributed by atoms with Crippen molar-refractivity contribution in [2.45, 2.75) is 12.0 Å². The molecule has 3 rings (SSSR count). The highest BCUT2D eigenvalue weighted by Crippen LogP contribution is 2.38. The van der Waals surface area contributed by atoms with E-state index >= 15 is 0 Å². The smallest absolute Gasteiger partial charge is 0.275 e. The van der Waals surface area contributed by atoms with Crippen molar-refractivity contribution in [1.82, 2.24) is 4.98 Å². The zero-order valence-corrected chi connectivity index (χ0v) is 15.9. The largest absolute Gasteiger partial charge is 0.461 e. The number of hydrogen-bond donors (Lipinski definition) is 2. The summed E-state index contributed by atoms with van der Waals surface area (Å²) >= 11 is 5.95. The van der Waals surface area contributed by atoms with E-state index in [1.165, 1.54) is 12.1 Å². The number of anilines is 1. The van der Waals surface area contributed by atoms with Crippen molar-refractivity contribution in [1.29, 1.82) is 0 Å². The lowest BCUT2D eigenvalue weighted by molar-refractivity contribution is -0.0145. The Bertz CT molecular complexity index is 992. The van der Waals surface area contributed by atoms with Crippen LogP contribution in [-0.4, -0.2) is 43.2 Å². The molecule has 0 bridgehead atoms. The number of nitrogens with two attached hydrogens (primary N) is 1. The van der Waals surface area contributed by atoms with Crippen LogP contribution >= 0.6 is 11.6 Å². The molecular formula is C18H15ClF4N4O3. The molecule has 0 spiro atoms. The van der Waals surface area contributed by atoms with Crippen molar-refractivity contribution < 1.29 is 31.8 Å². The maximum atomic E-state index is 14.4. The van der Waals surface area contributed by atoms with E-state index < -0.39 is 42.7 Å². The van der Waals surface area contributed by atoms with E-state index in [-0.39, 0.29) is 34.6 Å². The summed E-state index contributed by atoms with van der Waals surface area (Å²) in [5.74, 6) is -1.98. The topological polar surface area (TPSA) is 98.8 Å². The van der Waals surface area contributed by atoms with Gasteiger partial charge >= 0.3 is 0 Å². The highest BCUT2D eigenvalue weighted by Gasteiger charge is 2.46. The summed E-state index contributed by atoms with van der Waals surface area (Å²) < 4.78 is 64.0. The molecule has 30 heavy (non-hydrogen) atoms. The maximum absolute atomic E-state index is 14.4. The molecule has 1 aromatic heterocycles. The van der Waals surface area contributed by atoms with Crippen LogP contribution in [0.15, 0.2) is 35.5 Å². The van der Waals surface area contributed by atoms with Gasteiger partial charge in [-0.15, -0.1) is 0 Å². The molecule has 2 heterocycles. The monoisotopic (exact) mass is 446 g/mol. The van der Waals surface area contributed by atoms with Gasteiger partial charge in [-0.3, -0.25) is 9.79 Å². The number of carbonyl (C=O) groups excluding carboxylic acids is 1. The van der Waals surface area contributed by atoms with Crippen LogP contribution in [0.1, 0.15) is 16.1 Å². The van der Waals surface area contributed by atoms with Gasteiger partial charge < -0.3 is 20.5 Å². The van der Waals surface area contributed by atoms with E-state index in [0.717, 1.165) is 18.3 Å². The lowest BCUT2D eigenvalue weighted by Gasteiger charge is -2.33. The highest BCUT2D eigenvalue weighted by atomic mass is 35.5. The second kappa shape index (κ2) is 8.84. The third kappa shape index (κ3) is 4.31. The molecule has 1 amide bonds. The van der Waals surface area contributed by atoms with E-state index in [9.17, 15) is 22.4 Å². The lowest BCUT2D eigenvalue weighted by Crippen LogP contribution is -2.45. The Morgan fingerprint density at radius 1 is 1.40 bits per heavy atom. The number of hydrogen-bond acceptors (Lipinski definition) is 6. The SMILES string of the molecule is NC1=N[C@@](c2cc(NC(=O)c3ncc(OCF)cc3Cl)ccc2F)(C(F)F)COC1. The van der Waals surface area contributed by atoms with E-state index in [4.69, 9.17) is 22.1 Å². The van der Waals surface area contributed by atoms with Crippen molar-refractivity contribution in [3.63, 3.8) is 0 Å². The molecule has 12 heteroatoms. The van der Waals surface area contributed by atoms with Gasteiger partial charge in [0.1, 0.15) is 29.7 Å². The average Bonchev–Trinajstić information content (AvgIpc) is 2.69. The van der Waals surface area contributed by atoms with Gasteiger partial charge in [0.15, 0.2) is 5.54 Å². The third-order valence-corrected chi connectivity index (χ3v) is 4.51. The first-order valence-corrected chi connectivity index (χ1v) is 8.80. The van der Waals surface area contributed by atoms with Crippen LogP contribution < -0.4 is 15.8 Å². The molecule has 0 unspecified atom stereocenters. The maximum Gasteiger partial charge on any atom is 0.275 e. The van der Waals surface area contributed by atoms with E-state index in [1.807, 2.05) is 0 Å². The Balaban J connectivity index is 1.92. The van der Waals surface area contributed by atoms with E-state index in [0.29, 0.717) is 0 Å². The number of amidine groups is 1. The minimum Gasteiger partial charge on any atom is -0.461 e. The second-order valence-electron chi connectivity index (χ2n) is 6.22. The Hall–Kier alpha value is -2.92. The minimum absolute atomic E-state index is 0.00902. The predicted molar refractivity (Wildman–Crippen MR) is 100 cm³/mol. The summed E-state index contributed by atoms with van der Waals surface area (Å²) in [5, 5.41) is 2.26. The Morgan fingerprint density at radius 3 is 2.80 bits per heavy atom. The number of rotatable bonds is 6. The molecule has 1 aliphatic heterocycles. The minimum atomic E-state index is -3.13. The Morgan fingerprint density at radius 2 is 2.17 bits per heavy atom. The number of nitrogens with one attached hydrogen (secondary N) is 1. The number of halogens is 5. The first-order valence-electron chi connectivity index (χ1n) is 8.42. The number of carbonyl (C=O) groups is 1. The van der Waals surface area contributed by atoms with Crippen LogP contribution in [-0.2, 0) is 10.3 Å². The summed E-state index contributed by atoms with van der Waals surface area (Å²) in [6.45, 7) is -1.85. The fraction of sp³-hybridized carbons (Fsp3) is 0.278. The molecule has 160 valence electrons. The van der Waals surface area contributed by atoms with Crippen molar-refractivity contribution in [3.05, 3.63) is 52.6 Å². The molecule has 1 aliphatic rings. The summed E-state index contributed by atoms with van der Waals surface area (Å²) in [5.41, 5.74) is 2.42. The van der Waals surface area contributed by atoms with Gasteiger partial charge in [0.25, 0.3) is 12.3 Å². The molecular weight excluding hydrogens is 432 g/mol. The molecule has 0 saturated heterocycles. The van der Waals surface area contributed by atoms with Gasteiger partial charge in [0.2, 0.25) is 6.86 Å². The number of pyridine rings is 1. The fourth-order valence-corrected chi connectivity index (χ4v) is 3.10. The average molecular weight is 447 g/mol. The predicted octanol–water partition coefficient (Wildman–Crippen LogP) is 3.28. The van der Waals surface area contributed by atoms with Crippen LogP contribution in [0, 0.1) is 5.82 Å². The van der Waals surface area contributed by atoms with E-state index in [1.54, 1.807) is 0 Å². The van der Waals surface area contributed by atoms with Crippen LogP contribution in [0.3, 0.4) is 0 Å². The molecule has 1 aromatic carbocycles. The van der Waals surface area contributed by atoms with Crippen molar-refractivity contribution >= 4 is 29.0 Å². The van der Waals surface area contributed by atoms with E-state index in [2.05, 4.69) is 20.0 Å². The Kier molecular flexibility index (Phi) is 6.42. The summed E-state index contributed by atoms with van der Waals surface area (Å²) in [6.07, 6.45) is -2.05. The van der Waals surface area contributed by atoms with Crippen LogP contribution in [0.25, 0.3) is 0 Å². The molecule has 0 aliphatic carbocycles. The second-order valence-corrected chi connectivity index (χ2v) is 6.63. The number of benzene rings is 1. The highest BCUT2D eigenvalue weighted by molar-refractivity contribution is 6.34. The number of amides is 1. The van der Waals surface area contributed by atoms with Crippen LogP contribution in [0.2, 0.25) is 5.02 Å². The van der Waals surface area contributed by atoms with Crippen LogP contribution in [0.5, 0.6) is 5.75 Å². The fourth-order valence-electron chi connectivity index (χ4n) is 2.85. The number of aromatic nitrogens is 1. The number of ether oxygens (including phenoxy) is 2. The number of aliphatic imine (C=N–C) groups is 1. The third-order valence-electron chi connectivity index (χ3n) is 4.22. The van der Waals surface area contributed by atoms with Crippen LogP contribution in [0.4, 0.5) is 23.2 Å². The standard InChI is InChI=1S/C18H15ClF4N4O3/c19-12-4-10(30-8-20)5-25-15(12)16(28)26-9-1-2-13(21)11(3-9)18(17(22)23)7-29-6-14(24)27-18/h1-5,17H,6-8H2,(H2,24,27)(H,26,28)/t18-/m0/s1. The van der Waals surface area contributed by atoms with Crippen molar-refractivity contribution in [2.24, 2.45) is 10.7 Å². The van der Waals surface area contributed by atoms with Gasteiger partial charge in [0, 0.05) is 17.3 Å². The molecule has 0 radical (unpaired) electrons. The first-order chi connectivity index (χ1) is 14.3. The number of nitrogens with zero attached hydrogens (tertiary/aromatic N) is 2. The summed E-state index contributed by atoms with van der Waals surface area (Å²) in [4.78, 5) is 20.0.